The van der Waals surface area contributed by atoms with Gasteiger partial charge in [-0.2, -0.15) is 0 Å². The molecule has 10 heteroatoms. The van der Waals surface area contributed by atoms with Gasteiger partial charge in [-0.1, -0.05) is 19.1 Å². The van der Waals surface area contributed by atoms with Crippen molar-refractivity contribution in [3.05, 3.63) is 55.8 Å². The van der Waals surface area contributed by atoms with Crippen molar-refractivity contribution >= 4 is 28.6 Å². The summed E-state index contributed by atoms with van der Waals surface area (Å²) in [5.41, 5.74) is -1.18. The number of nitrogens with zero attached hydrogens (tertiary/aromatic N) is 2. The molecule has 0 unspecified atom stereocenters. The van der Waals surface area contributed by atoms with Crippen molar-refractivity contribution in [3.63, 3.8) is 0 Å². The summed E-state index contributed by atoms with van der Waals surface area (Å²) in [7, 11) is 2.89. The number of fused-ring (bicyclic) bond motifs is 1. The van der Waals surface area contributed by atoms with Crippen molar-refractivity contribution in [2.45, 2.75) is 63.3 Å². The van der Waals surface area contributed by atoms with E-state index in [1.165, 1.54) is 7.11 Å². The predicted molar refractivity (Wildman–Crippen MR) is 158 cm³/mol. The smallest absolute Gasteiger partial charge is 0.332 e. The molecular weight excluding hydrogens is 538 g/mol. The molecule has 0 radical (unpaired) electrons. The van der Waals surface area contributed by atoms with Crippen LogP contribution >= 0.6 is 0 Å². The zero-order chi connectivity index (χ0) is 30.4. The summed E-state index contributed by atoms with van der Waals surface area (Å²) >= 11 is 0. The lowest BCUT2D eigenvalue weighted by molar-refractivity contribution is -0.149. The summed E-state index contributed by atoms with van der Waals surface area (Å²) < 4.78 is 22.6. The first-order valence-electron chi connectivity index (χ1n) is 14.3. The third-order valence-electron chi connectivity index (χ3n) is 8.28. The monoisotopic (exact) mass is 579 g/mol. The van der Waals surface area contributed by atoms with Crippen LogP contribution in [0.3, 0.4) is 0 Å². The first kappa shape index (κ1) is 31.0. The van der Waals surface area contributed by atoms with Gasteiger partial charge in [-0.15, -0.1) is 13.2 Å². The Morgan fingerprint density at radius 1 is 1.21 bits per heavy atom. The van der Waals surface area contributed by atoms with Crippen molar-refractivity contribution in [2.75, 3.05) is 27.4 Å². The van der Waals surface area contributed by atoms with Crippen LogP contribution in [0, 0.1) is 11.8 Å². The molecule has 10 nitrogen and oxygen atoms in total. The molecule has 0 bridgehead atoms. The van der Waals surface area contributed by atoms with E-state index in [1.54, 1.807) is 31.2 Å². The number of amides is 2. The predicted octanol–water partition coefficient (Wildman–Crippen LogP) is 3.83. The van der Waals surface area contributed by atoms with Gasteiger partial charge in [0.2, 0.25) is 17.7 Å². The molecule has 1 saturated heterocycles. The van der Waals surface area contributed by atoms with Gasteiger partial charge >= 0.3 is 5.97 Å². The van der Waals surface area contributed by atoms with E-state index in [9.17, 15) is 14.4 Å². The van der Waals surface area contributed by atoms with Gasteiger partial charge in [-0.05, 0) is 55.8 Å². The lowest BCUT2D eigenvalue weighted by atomic mass is 10.0. The van der Waals surface area contributed by atoms with E-state index in [0.29, 0.717) is 24.7 Å². The van der Waals surface area contributed by atoms with E-state index < -0.39 is 35.5 Å². The summed E-state index contributed by atoms with van der Waals surface area (Å²) in [5.74, 6) is -0.840. The van der Waals surface area contributed by atoms with Crippen LogP contribution in [0.5, 0.6) is 11.6 Å². The molecule has 2 aliphatic rings. The first-order valence-corrected chi connectivity index (χ1v) is 14.3. The number of nitrogens with one attached hydrogen (secondary N) is 1. The molecule has 1 aliphatic heterocycles. The topological polar surface area (TPSA) is 116 Å². The second-order valence-electron chi connectivity index (χ2n) is 11.0. The standard InChI is InChI=1S/C32H41N3O7/c1-7-9-10-15-41-21(4)20(3)30(37)35-19-25(42-29-26-12-11-24(39-5)16-22(26)13-14-33-29)17-27(35)28(36)34-32(31(38)40-6)18-23(32)8-2/h7-8,11-14,16,20-21,23,25,27H,1-2,9-10,15,17-19H2,3-6H3,(H,34,36)/t20-,21+,23+,25+,27-,32+/m0/s1. The molecule has 2 amide bonds. The molecule has 2 fully saturated rings. The normalized spacial score (nSPS) is 24.4. The van der Waals surface area contributed by atoms with Gasteiger partial charge in [0, 0.05) is 30.5 Å². The molecular formula is C32H41N3O7. The average Bonchev–Trinajstić information content (AvgIpc) is 3.56. The maximum atomic E-state index is 13.8. The van der Waals surface area contributed by atoms with E-state index in [1.807, 2.05) is 37.3 Å². The van der Waals surface area contributed by atoms with Gasteiger partial charge in [0.25, 0.3) is 0 Å². The van der Waals surface area contributed by atoms with Crippen LogP contribution in [0.15, 0.2) is 55.8 Å². The van der Waals surface area contributed by atoms with E-state index in [2.05, 4.69) is 23.5 Å². The van der Waals surface area contributed by atoms with E-state index >= 15 is 0 Å². The van der Waals surface area contributed by atoms with Crippen molar-refractivity contribution in [1.82, 2.24) is 15.2 Å². The highest BCUT2D eigenvalue weighted by Crippen LogP contribution is 2.45. The summed E-state index contributed by atoms with van der Waals surface area (Å²) in [5, 5.41) is 4.56. The largest absolute Gasteiger partial charge is 0.497 e. The molecule has 6 atom stereocenters. The third-order valence-corrected chi connectivity index (χ3v) is 8.28. The number of likely N-dealkylation sites (tertiary alicyclic amines) is 1. The van der Waals surface area contributed by atoms with Gasteiger partial charge < -0.3 is 29.2 Å². The molecule has 2 heterocycles. The molecule has 1 aliphatic carbocycles. The van der Waals surface area contributed by atoms with E-state index in [4.69, 9.17) is 18.9 Å². The van der Waals surface area contributed by atoms with Crippen LogP contribution < -0.4 is 14.8 Å². The Morgan fingerprint density at radius 2 is 2.00 bits per heavy atom. The van der Waals surface area contributed by atoms with Crippen molar-refractivity contribution < 1.29 is 33.3 Å². The van der Waals surface area contributed by atoms with Gasteiger partial charge in [-0.3, -0.25) is 9.59 Å². The fraction of sp³-hybridized carbons (Fsp3) is 0.500. The second kappa shape index (κ2) is 13.4. The lowest BCUT2D eigenvalue weighted by Gasteiger charge is -2.30. The molecule has 42 heavy (non-hydrogen) atoms. The number of esters is 1. The number of unbranched alkanes of at least 4 members (excludes halogenated alkanes) is 1. The van der Waals surface area contributed by atoms with Crippen LogP contribution in [0.25, 0.3) is 10.8 Å². The average molecular weight is 580 g/mol. The van der Waals surface area contributed by atoms with Crippen LogP contribution in [-0.2, 0) is 23.9 Å². The number of methoxy groups -OCH3 is 2. The molecule has 226 valence electrons. The number of benzene rings is 1. The maximum absolute atomic E-state index is 13.8. The summed E-state index contributed by atoms with van der Waals surface area (Å²) in [6.45, 7) is 11.8. The number of hydrogen-bond donors (Lipinski definition) is 1. The van der Waals surface area contributed by atoms with E-state index in [-0.39, 0.29) is 30.9 Å². The molecule has 1 aromatic carbocycles. The van der Waals surface area contributed by atoms with Crippen molar-refractivity contribution in [3.8, 4) is 11.6 Å². The van der Waals surface area contributed by atoms with Gasteiger partial charge in [0.1, 0.15) is 23.4 Å². The molecule has 1 N–H and O–H groups in total. The Kier molecular flexibility index (Phi) is 9.88. The van der Waals surface area contributed by atoms with Gasteiger partial charge in [0.05, 0.1) is 32.8 Å². The molecule has 2 aromatic rings. The number of rotatable bonds is 14. The Balaban J connectivity index is 1.56. The fourth-order valence-electron chi connectivity index (χ4n) is 5.47. The van der Waals surface area contributed by atoms with Gasteiger partial charge in [0.15, 0.2) is 0 Å². The summed E-state index contributed by atoms with van der Waals surface area (Å²) in [4.78, 5) is 46.2. The summed E-state index contributed by atoms with van der Waals surface area (Å²) in [6.07, 6.45) is 6.49. The number of aromatic nitrogens is 1. The second-order valence-corrected chi connectivity index (χ2v) is 11.0. The zero-order valence-corrected chi connectivity index (χ0v) is 24.8. The highest BCUT2D eigenvalue weighted by molar-refractivity contribution is 5.95. The number of hydrogen-bond acceptors (Lipinski definition) is 8. The minimum atomic E-state index is -1.18. The van der Waals surface area contributed by atoms with Gasteiger partial charge in [-0.25, -0.2) is 9.78 Å². The number of carbonyl (C=O) groups is 3. The Morgan fingerprint density at radius 3 is 2.67 bits per heavy atom. The highest BCUT2D eigenvalue weighted by Gasteiger charge is 2.62. The number of allylic oxidation sites excluding steroid dienone is 1. The molecule has 4 rings (SSSR count). The Labute approximate surface area is 247 Å². The Bertz CT molecular complexity index is 1330. The van der Waals surface area contributed by atoms with Crippen molar-refractivity contribution in [2.24, 2.45) is 11.8 Å². The van der Waals surface area contributed by atoms with Crippen LogP contribution in [0.4, 0.5) is 0 Å². The van der Waals surface area contributed by atoms with E-state index in [0.717, 1.165) is 23.6 Å². The maximum Gasteiger partial charge on any atom is 0.332 e. The van der Waals surface area contributed by atoms with Crippen LogP contribution in [0.1, 0.15) is 39.5 Å². The van der Waals surface area contributed by atoms with Crippen LogP contribution in [0.2, 0.25) is 0 Å². The van der Waals surface area contributed by atoms with Crippen LogP contribution in [-0.4, -0.2) is 78.8 Å². The third kappa shape index (κ3) is 6.43. The SMILES string of the molecule is C=CCCCO[C@H](C)[C@H](C)C(=O)N1C[C@H](Oc2nccc3cc(OC)ccc23)C[C@H]1C(=O)N[C@]1(C(=O)OC)C[C@H]1C=C. The molecule has 0 spiro atoms. The number of pyridine rings is 1. The Hall–Kier alpha value is -3.92. The highest BCUT2D eigenvalue weighted by atomic mass is 16.5. The quantitative estimate of drug-likeness (QED) is 0.204. The molecule has 1 saturated carbocycles. The van der Waals surface area contributed by atoms with Crippen molar-refractivity contribution in [1.29, 1.82) is 0 Å². The lowest BCUT2D eigenvalue weighted by Crippen LogP contribution is -2.54. The minimum Gasteiger partial charge on any atom is -0.497 e. The fourth-order valence-corrected chi connectivity index (χ4v) is 5.47. The zero-order valence-electron chi connectivity index (χ0n) is 24.8. The number of carbonyl (C=O) groups excluding carboxylic acids is 3. The number of ether oxygens (including phenoxy) is 4. The first-order chi connectivity index (χ1) is 20.2. The minimum absolute atomic E-state index is 0.175. The summed E-state index contributed by atoms with van der Waals surface area (Å²) in [6, 6.07) is 6.59. The molecule has 1 aromatic heterocycles.